The van der Waals surface area contributed by atoms with E-state index in [1.807, 2.05) is 26.1 Å². The Morgan fingerprint density at radius 1 is 1.45 bits per heavy atom. The van der Waals surface area contributed by atoms with Gasteiger partial charge < -0.3 is 5.32 Å². The average molecular weight is 291 g/mol. The number of rotatable bonds is 5. The summed E-state index contributed by atoms with van der Waals surface area (Å²) in [7, 11) is 1.89. The number of halogens is 1. The van der Waals surface area contributed by atoms with Crippen molar-refractivity contribution in [1.82, 2.24) is 15.1 Å². The van der Waals surface area contributed by atoms with Gasteiger partial charge in [-0.25, -0.2) is 4.39 Å². The Morgan fingerprint density at radius 3 is 2.90 bits per heavy atom. The molecule has 3 nitrogen and oxygen atoms in total. The van der Waals surface area contributed by atoms with Crippen LogP contribution in [0.25, 0.3) is 0 Å². The SMILES string of the molecule is Cc1cc(Sc2c(F)cccc2CNC2CC2)n(C)n1. The molecule has 3 rings (SSSR count). The molecule has 1 heterocycles. The molecule has 0 amide bonds. The summed E-state index contributed by atoms with van der Waals surface area (Å²) in [5.74, 6) is -0.163. The van der Waals surface area contributed by atoms with Crippen LogP contribution in [0.1, 0.15) is 24.1 Å². The van der Waals surface area contributed by atoms with Gasteiger partial charge in [0.05, 0.1) is 15.6 Å². The highest BCUT2D eigenvalue weighted by atomic mass is 32.2. The van der Waals surface area contributed by atoms with E-state index in [1.165, 1.54) is 30.7 Å². The van der Waals surface area contributed by atoms with Crippen LogP contribution >= 0.6 is 11.8 Å². The minimum Gasteiger partial charge on any atom is -0.310 e. The lowest BCUT2D eigenvalue weighted by Gasteiger charge is -2.11. The second-order valence-electron chi connectivity index (χ2n) is 5.23. The maximum atomic E-state index is 14.1. The first-order valence-electron chi connectivity index (χ1n) is 6.83. The molecule has 1 aromatic carbocycles. The quantitative estimate of drug-likeness (QED) is 0.917. The van der Waals surface area contributed by atoms with E-state index in [0.717, 1.165) is 22.8 Å². The molecule has 20 heavy (non-hydrogen) atoms. The van der Waals surface area contributed by atoms with E-state index in [-0.39, 0.29) is 5.82 Å². The summed E-state index contributed by atoms with van der Waals surface area (Å²) in [6, 6.07) is 7.89. The minimum absolute atomic E-state index is 0.163. The van der Waals surface area contributed by atoms with E-state index in [2.05, 4.69) is 10.4 Å². The molecule has 1 aliphatic rings. The zero-order valence-corrected chi connectivity index (χ0v) is 12.5. The number of aromatic nitrogens is 2. The van der Waals surface area contributed by atoms with E-state index in [9.17, 15) is 4.39 Å². The van der Waals surface area contributed by atoms with Crippen molar-refractivity contribution in [2.45, 2.75) is 42.3 Å². The van der Waals surface area contributed by atoms with Crippen LogP contribution < -0.4 is 5.32 Å². The van der Waals surface area contributed by atoms with Crippen LogP contribution in [0.3, 0.4) is 0 Å². The molecule has 2 aromatic rings. The minimum atomic E-state index is -0.163. The van der Waals surface area contributed by atoms with Crippen molar-refractivity contribution in [2.24, 2.45) is 7.05 Å². The highest BCUT2D eigenvalue weighted by Crippen LogP contribution is 2.33. The Hall–Kier alpha value is -1.33. The summed E-state index contributed by atoms with van der Waals surface area (Å²) < 4.78 is 15.9. The molecule has 0 atom stereocenters. The Bertz CT molecular complexity index is 620. The van der Waals surface area contributed by atoms with E-state index in [1.54, 1.807) is 10.7 Å². The smallest absolute Gasteiger partial charge is 0.137 e. The molecular weight excluding hydrogens is 273 g/mol. The third-order valence-electron chi connectivity index (χ3n) is 3.37. The zero-order valence-electron chi connectivity index (χ0n) is 11.7. The molecule has 5 heteroatoms. The molecular formula is C15H18FN3S. The Morgan fingerprint density at radius 2 is 2.25 bits per heavy atom. The van der Waals surface area contributed by atoms with Crippen molar-refractivity contribution in [3.63, 3.8) is 0 Å². The summed E-state index contributed by atoms with van der Waals surface area (Å²) in [5.41, 5.74) is 1.96. The van der Waals surface area contributed by atoms with Gasteiger partial charge in [-0.15, -0.1) is 0 Å². The van der Waals surface area contributed by atoms with Crippen molar-refractivity contribution in [3.8, 4) is 0 Å². The highest BCUT2D eigenvalue weighted by Gasteiger charge is 2.21. The maximum absolute atomic E-state index is 14.1. The van der Waals surface area contributed by atoms with Gasteiger partial charge >= 0.3 is 0 Å². The number of benzene rings is 1. The van der Waals surface area contributed by atoms with Crippen LogP contribution in [0.15, 0.2) is 34.2 Å². The van der Waals surface area contributed by atoms with Crippen LogP contribution in [0.4, 0.5) is 4.39 Å². The van der Waals surface area contributed by atoms with Crippen LogP contribution in [0, 0.1) is 12.7 Å². The van der Waals surface area contributed by atoms with Crippen molar-refractivity contribution in [2.75, 3.05) is 0 Å². The molecule has 0 saturated heterocycles. The largest absolute Gasteiger partial charge is 0.310 e. The first-order chi connectivity index (χ1) is 9.63. The van der Waals surface area contributed by atoms with Gasteiger partial charge in [0.2, 0.25) is 0 Å². The fourth-order valence-corrected chi connectivity index (χ4v) is 3.18. The third-order valence-corrected chi connectivity index (χ3v) is 4.63. The maximum Gasteiger partial charge on any atom is 0.137 e. The molecule has 1 fully saturated rings. The second kappa shape index (κ2) is 5.58. The lowest BCUT2D eigenvalue weighted by molar-refractivity contribution is 0.588. The lowest BCUT2D eigenvalue weighted by Crippen LogP contribution is -2.16. The van der Waals surface area contributed by atoms with E-state index < -0.39 is 0 Å². The monoisotopic (exact) mass is 291 g/mol. The van der Waals surface area contributed by atoms with Gasteiger partial charge in [-0.3, -0.25) is 4.68 Å². The Balaban J connectivity index is 1.84. The average Bonchev–Trinajstić information content (AvgIpc) is 3.17. The molecule has 1 saturated carbocycles. The molecule has 1 N–H and O–H groups in total. The molecule has 1 aromatic heterocycles. The standard InChI is InChI=1S/C15H18FN3S/c1-10-8-14(19(2)18-10)20-15-11(4-3-5-13(15)16)9-17-12-6-7-12/h3-5,8,12,17H,6-7,9H2,1-2H3. The highest BCUT2D eigenvalue weighted by molar-refractivity contribution is 7.99. The third kappa shape index (κ3) is 3.04. The van der Waals surface area contributed by atoms with Crippen LogP contribution in [0.2, 0.25) is 0 Å². The second-order valence-corrected chi connectivity index (χ2v) is 6.26. The van der Waals surface area contributed by atoms with Crippen molar-refractivity contribution in [3.05, 3.63) is 41.3 Å². The fourth-order valence-electron chi connectivity index (χ4n) is 2.14. The van der Waals surface area contributed by atoms with Gasteiger partial charge in [-0.2, -0.15) is 5.10 Å². The van der Waals surface area contributed by atoms with Crippen molar-refractivity contribution >= 4 is 11.8 Å². The molecule has 106 valence electrons. The number of hydrogen-bond acceptors (Lipinski definition) is 3. The van der Waals surface area contributed by atoms with Crippen molar-refractivity contribution < 1.29 is 4.39 Å². The molecule has 1 aliphatic carbocycles. The van der Waals surface area contributed by atoms with E-state index in [4.69, 9.17) is 0 Å². The Labute approximate surface area is 122 Å². The van der Waals surface area contributed by atoms with Crippen molar-refractivity contribution in [1.29, 1.82) is 0 Å². The predicted octanol–water partition coefficient (Wildman–Crippen LogP) is 3.27. The zero-order chi connectivity index (χ0) is 14.1. The number of aryl methyl sites for hydroxylation is 2. The predicted molar refractivity (Wildman–Crippen MR) is 78.3 cm³/mol. The van der Waals surface area contributed by atoms with Crippen LogP contribution in [0.5, 0.6) is 0 Å². The molecule has 0 unspecified atom stereocenters. The van der Waals surface area contributed by atoms with Gasteiger partial charge in [0.15, 0.2) is 0 Å². The van der Waals surface area contributed by atoms with Crippen LogP contribution in [-0.4, -0.2) is 15.8 Å². The summed E-state index contributed by atoms with van der Waals surface area (Å²) in [4.78, 5) is 0.698. The normalized spacial score (nSPS) is 14.8. The number of nitrogens with zero attached hydrogens (tertiary/aromatic N) is 2. The van der Waals surface area contributed by atoms with E-state index >= 15 is 0 Å². The first-order valence-corrected chi connectivity index (χ1v) is 7.64. The summed E-state index contributed by atoms with van der Waals surface area (Å²) >= 11 is 1.45. The van der Waals surface area contributed by atoms with Crippen LogP contribution in [-0.2, 0) is 13.6 Å². The Kier molecular flexibility index (Phi) is 3.81. The lowest BCUT2D eigenvalue weighted by atomic mass is 10.2. The van der Waals surface area contributed by atoms with Gasteiger partial charge in [0, 0.05) is 19.6 Å². The fraction of sp³-hybridized carbons (Fsp3) is 0.400. The summed E-state index contributed by atoms with van der Waals surface area (Å²) in [6.45, 7) is 2.67. The van der Waals surface area contributed by atoms with Gasteiger partial charge in [0.1, 0.15) is 5.82 Å². The molecule has 0 radical (unpaired) electrons. The first kappa shape index (κ1) is 13.6. The summed E-state index contributed by atoms with van der Waals surface area (Å²) in [5, 5.41) is 8.71. The van der Waals surface area contributed by atoms with Gasteiger partial charge in [-0.05, 0) is 37.5 Å². The molecule has 0 aliphatic heterocycles. The van der Waals surface area contributed by atoms with E-state index in [0.29, 0.717) is 10.9 Å². The number of nitrogens with one attached hydrogen (secondary N) is 1. The summed E-state index contributed by atoms with van der Waals surface area (Å²) in [6.07, 6.45) is 2.47. The van der Waals surface area contributed by atoms with Gasteiger partial charge in [0.25, 0.3) is 0 Å². The topological polar surface area (TPSA) is 29.9 Å². The molecule has 0 bridgehead atoms. The molecule has 0 spiro atoms. The number of hydrogen-bond donors (Lipinski definition) is 1. The van der Waals surface area contributed by atoms with Gasteiger partial charge in [-0.1, -0.05) is 23.9 Å².